The molecule has 2 unspecified atom stereocenters. The third-order valence-electron chi connectivity index (χ3n) is 11.4. The minimum Gasteiger partial charge on any atom is -0.358 e. The van der Waals surface area contributed by atoms with Gasteiger partial charge in [0.25, 0.3) is 0 Å². The molecule has 1 aliphatic rings. The van der Waals surface area contributed by atoms with Crippen LogP contribution in [0.25, 0.3) is 77.2 Å². The quantitative estimate of drug-likeness (QED) is 0.163. The molecule has 300 valence electrons. The molecule has 0 aliphatic carbocycles. The monoisotopic (exact) mass is 934 g/mol. The second kappa shape index (κ2) is 16.4. The molecule has 10 aromatic rings. The standard InChI is InChI=1S/C49H38N2O2S4.2CH3.Zr/c1-30-22-36(48(52)44(24-30)50-40-16-7-3-12-32(40)33-13-4-8-17-41(33)50)38-26-54-28-46(38)56-20-11-21-57-47-29-55-27-39(47)37-23-31(2)25-45(49(37)53)51-42-18-9-5-14-34(42)35-15-6-10-19-43(35)51;;;/h3-10,12-19,22-29,52-53H,11,20-21H2,1-2H3;2*1H3;/q;2*-1;. The van der Waals surface area contributed by atoms with Gasteiger partial charge in [-0.05, 0) is 0 Å². The van der Waals surface area contributed by atoms with Gasteiger partial charge in [0, 0.05) is 0 Å². The van der Waals surface area contributed by atoms with Crippen LogP contribution in [0.1, 0.15) is 17.5 Å². The van der Waals surface area contributed by atoms with Crippen LogP contribution in [0, 0.1) is 28.7 Å². The Kier molecular flexibility index (Phi) is 11.2. The van der Waals surface area contributed by atoms with Crippen molar-refractivity contribution in [2.75, 3.05) is 11.5 Å². The van der Waals surface area contributed by atoms with Gasteiger partial charge in [-0.2, -0.15) is 0 Å². The number of thiophene rings is 2. The van der Waals surface area contributed by atoms with Crippen molar-refractivity contribution in [3.8, 4) is 45.1 Å². The number of rotatable bonds is 6. The Hall–Kier alpha value is -4.50. The smallest absolute Gasteiger partial charge is 0.358 e. The number of fused-ring (bicyclic) bond motifs is 6. The summed E-state index contributed by atoms with van der Waals surface area (Å²) in [4.78, 5) is 2.87. The van der Waals surface area contributed by atoms with Gasteiger partial charge >= 0.3 is 360 Å². The largest absolute Gasteiger partial charge is 0.358 e. The maximum Gasteiger partial charge on any atom is -0.358 e. The molecule has 4 aromatic heterocycles. The van der Waals surface area contributed by atoms with Crippen molar-refractivity contribution in [2.24, 2.45) is 0 Å². The number of aromatic hydroxyl groups is 2. The minimum atomic E-state index is -0.997. The second-order valence-corrected chi connectivity index (χ2v) is 31.4. The van der Waals surface area contributed by atoms with Gasteiger partial charge < -0.3 is 14.9 Å². The van der Waals surface area contributed by atoms with Crippen LogP contribution >= 0.6 is 36.9 Å². The van der Waals surface area contributed by atoms with E-state index < -0.39 is 19.2 Å². The van der Waals surface area contributed by atoms with Crippen LogP contribution in [0.3, 0.4) is 0 Å². The van der Waals surface area contributed by atoms with Crippen molar-refractivity contribution in [1.29, 1.82) is 0 Å². The Bertz CT molecular complexity index is 3050. The van der Waals surface area contributed by atoms with E-state index in [1.807, 2.05) is 0 Å². The van der Waals surface area contributed by atoms with Gasteiger partial charge in [-0.15, -0.1) is 0 Å². The summed E-state index contributed by atoms with van der Waals surface area (Å²) in [6, 6.07) is 42.7. The van der Waals surface area contributed by atoms with Gasteiger partial charge in [0.05, 0.1) is 0 Å². The van der Waals surface area contributed by atoms with Gasteiger partial charge in [0.1, 0.15) is 0 Å². The molecule has 0 amide bonds. The van der Waals surface area contributed by atoms with Gasteiger partial charge in [-0.1, -0.05) is 0 Å². The van der Waals surface area contributed by atoms with Gasteiger partial charge in [0.2, 0.25) is 0 Å². The number of aromatic nitrogens is 2. The van der Waals surface area contributed by atoms with Gasteiger partial charge in [0.15, 0.2) is 0 Å². The average Bonchev–Trinajstić information content (AvgIpc) is 4.06. The molecule has 11 rings (SSSR count). The van der Waals surface area contributed by atoms with Crippen LogP contribution in [0.4, 0.5) is 0 Å². The number of para-hydroxylation sites is 4. The summed E-state index contributed by atoms with van der Waals surface area (Å²) in [6.07, 6.45) is 1.19. The molecule has 60 heavy (non-hydrogen) atoms. The van der Waals surface area contributed by atoms with Crippen LogP contribution in [-0.2, 0) is 19.2 Å². The summed E-state index contributed by atoms with van der Waals surface area (Å²) in [7, 11) is 0.344. The van der Waals surface area contributed by atoms with Crippen molar-refractivity contribution in [3.05, 3.63) is 169 Å². The normalized spacial score (nSPS) is 15.2. The van der Waals surface area contributed by atoms with Crippen LogP contribution in [0.15, 0.2) is 153 Å². The van der Waals surface area contributed by atoms with Crippen LogP contribution in [0.5, 0.6) is 11.5 Å². The topological polar surface area (TPSA) is 50.3 Å². The fraction of sp³-hybridized carbons (Fsp3) is 0.0980. The van der Waals surface area contributed by atoms with E-state index in [4.69, 9.17) is 0 Å². The molecule has 2 N–H and O–H groups in total. The Morgan fingerprint density at radius 1 is 0.483 bits per heavy atom. The van der Waals surface area contributed by atoms with Crippen molar-refractivity contribution in [3.63, 3.8) is 0 Å². The van der Waals surface area contributed by atoms with Crippen molar-refractivity contribution in [2.45, 2.75) is 30.1 Å². The number of hydrogen-bond donors (Lipinski definition) is 2. The summed E-state index contributed by atoms with van der Waals surface area (Å²) in [5, 5.41) is 38.7. The molecule has 9 heteroatoms. The predicted octanol–water partition coefficient (Wildman–Crippen LogP) is 15.5. The molecular formula is C51H44N2O2S4Zr-2. The van der Waals surface area contributed by atoms with E-state index in [1.54, 1.807) is 22.7 Å². The second-order valence-electron chi connectivity index (χ2n) is 15.0. The first kappa shape index (κ1) is 40.9. The zero-order valence-corrected chi connectivity index (χ0v) is 39.6. The molecule has 2 atom stereocenters. The summed E-state index contributed by atoms with van der Waals surface area (Å²) in [6.45, 7) is 4.30. The number of nitrogens with zero attached hydrogens (tertiary/aromatic N) is 2. The van der Waals surface area contributed by atoms with E-state index >= 15 is 0 Å². The van der Waals surface area contributed by atoms with E-state index in [0.29, 0.717) is 11.5 Å². The number of phenolic OH excluding ortho intramolecular Hbond substituents is 2. The van der Waals surface area contributed by atoms with Crippen LogP contribution in [0.2, 0.25) is 0 Å². The molecule has 0 saturated heterocycles. The molecule has 1 aliphatic heterocycles. The first-order valence-electron chi connectivity index (χ1n) is 19.4. The molecule has 0 radical (unpaired) electrons. The van der Waals surface area contributed by atoms with Crippen LogP contribution < -0.4 is 0 Å². The Balaban J connectivity index is 0.00000231. The molecule has 4 nitrogen and oxygen atoms in total. The maximum atomic E-state index is 12.3. The van der Waals surface area contributed by atoms with Crippen molar-refractivity contribution < 1.29 is 29.4 Å². The Labute approximate surface area is 371 Å². The zero-order chi connectivity index (χ0) is 39.1. The molecule has 6 aromatic carbocycles. The number of benzene rings is 6. The molecule has 0 bridgehead atoms. The van der Waals surface area contributed by atoms with E-state index in [1.165, 1.54) is 60.4 Å². The van der Waals surface area contributed by atoms with Gasteiger partial charge in [-0.3, -0.25) is 0 Å². The molecule has 0 spiro atoms. The molecule has 5 heterocycles. The van der Waals surface area contributed by atoms with Crippen LogP contribution in [-0.4, -0.2) is 30.9 Å². The average molecular weight is 936 g/mol. The Morgan fingerprint density at radius 3 is 1.20 bits per heavy atom. The van der Waals surface area contributed by atoms with E-state index in [9.17, 15) is 10.2 Å². The number of phenols is 2. The minimum absolute atomic E-state index is 0. The summed E-state index contributed by atoms with van der Waals surface area (Å²) >= 11 is 2.54. The fourth-order valence-electron chi connectivity index (χ4n) is 8.84. The predicted molar refractivity (Wildman–Crippen MR) is 260 cm³/mol. The third kappa shape index (κ3) is 6.60. The van der Waals surface area contributed by atoms with Crippen molar-refractivity contribution >= 4 is 80.5 Å². The van der Waals surface area contributed by atoms with E-state index in [0.717, 1.165) is 55.7 Å². The number of aryl methyl sites for hydroxylation is 2. The summed E-state index contributed by atoms with van der Waals surface area (Å²) in [5.74, 6) is 3.13. The third-order valence-corrected chi connectivity index (χ3v) is 33.1. The summed E-state index contributed by atoms with van der Waals surface area (Å²) in [5.41, 5.74) is 12.6. The zero-order valence-electron chi connectivity index (χ0n) is 33.9. The fourth-order valence-corrected chi connectivity index (χ4v) is 35.3. The SMILES string of the molecule is Cc1cc(-c2cscc2[S]2=[Zr]=[S](c3cscc3-c3cc(C)cc(-n4c5ccccc5c5ccccc54)c3O)CCC2)c(O)c(-n2c3ccccc3c3ccccc32)c1.[CH3-].[CH3-]. The molecular weight excluding hydrogens is 892 g/mol. The number of hydrogen-bond acceptors (Lipinski definition) is 4. The Morgan fingerprint density at radius 2 is 0.833 bits per heavy atom. The summed E-state index contributed by atoms with van der Waals surface area (Å²) < 4.78 is 4.48. The van der Waals surface area contributed by atoms with E-state index in [-0.39, 0.29) is 29.1 Å². The van der Waals surface area contributed by atoms with Crippen molar-refractivity contribution in [1.82, 2.24) is 9.13 Å². The van der Waals surface area contributed by atoms with E-state index in [2.05, 4.69) is 166 Å². The first-order valence-corrected chi connectivity index (χ1v) is 30.1. The van der Waals surface area contributed by atoms with Gasteiger partial charge in [-0.25, -0.2) is 0 Å². The first-order chi connectivity index (χ1) is 28.4. The molecule has 0 fully saturated rings. The maximum absolute atomic E-state index is 12.3. The molecule has 0 saturated carbocycles.